The molecule has 7 heteroatoms. The van der Waals surface area contributed by atoms with Crippen LogP contribution in [0.15, 0.2) is 17.3 Å². The summed E-state index contributed by atoms with van der Waals surface area (Å²) in [6, 6.07) is 3.78. The van der Waals surface area contributed by atoms with Gasteiger partial charge in [-0.3, -0.25) is 4.79 Å². The molecule has 20 heavy (non-hydrogen) atoms. The number of nitrogens with zero attached hydrogens (tertiary/aromatic N) is 3. The minimum absolute atomic E-state index is 0.0170. The summed E-state index contributed by atoms with van der Waals surface area (Å²) in [5.41, 5.74) is 1.48. The number of thioether (sulfide) groups is 1. The highest BCUT2D eigenvalue weighted by Gasteiger charge is 2.18. The van der Waals surface area contributed by atoms with Crippen molar-refractivity contribution in [1.29, 1.82) is 0 Å². The van der Waals surface area contributed by atoms with Crippen LogP contribution in [-0.4, -0.2) is 38.5 Å². The van der Waals surface area contributed by atoms with Crippen molar-refractivity contribution in [1.82, 2.24) is 14.5 Å². The average molecular weight is 295 g/mol. The predicted molar refractivity (Wildman–Crippen MR) is 77.4 cm³/mol. The van der Waals surface area contributed by atoms with Crippen LogP contribution in [-0.2, 0) is 4.79 Å². The minimum Gasteiger partial charge on any atom is -0.481 e. The molecule has 0 bridgehead atoms. The molecule has 2 rings (SSSR count). The lowest BCUT2D eigenvalue weighted by Gasteiger charge is -2.14. The van der Waals surface area contributed by atoms with Gasteiger partial charge in [-0.05, 0) is 19.4 Å². The number of aliphatic carboxylic acids is 1. The maximum atomic E-state index is 10.7. The molecule has 0 radical (unpaired) electrons. The molecule has 2 aromatic rings. The summed E-state index contributed by atoms with van der Waals surface area (Å²) in [6.07, 6.45) is 0.908. The first-order valence-corrected chi connectivity index (χ1v) is 7.33. The molecule has 0 amide bonds. The molecule has 0 spiro atoms. The number of carbonyl (C=O) groups is 1. The molecule has 1 unspecified atom stereocenters. The van der Waals surface area contributed by atoms with Crippen molar-refractivity contribution in [2.45, 2.75) is 31.5 Å². The molecule has 0 aliphatic rings. The molecule has 0 aromatic carbocycles. The third-order valence-corrected chi connectivity index (χ3v) is 3.98. The lowest BCUT2D eigenvalue weighted by molar-refractivity contribution is -0.133. The second kappa shape index (κ2) is 6.13. The number of hydrogen-bond donors (Lipinski definition) is 1. The molecule has 0 saturated carbocycles. The van der Waals surface area contributed by atoms with E-state index in [2.05, 4.69) is 23.8 Å². The second-order valence-corrected chi connectivity index (χ2v) is 5.34. The van der Waals surface area contributed by atoms with E-state index in [9.17, 15) is 4.79 Å². The fourth-order valence-corrected chi connectivity index (χ4v) is 2.68. The normalized spacial score (nSPS) is 12.6. The zero-order chi connectivity index (χ0) is 14.7. The van der Waals surface area contributed by atoms with E-state index in [1.807, 2.05) is 10.6 Å². The molecule has 1 atom stereocenters. The van der Waals surface area contributed by atoms with E-state index in [1.54, 1.807) is 13.2 Å². The van der Waals surface area contributed by atoms with E-state index in [-0.39, 0.29) is 11.8 Å². The van der Waals surface area contributed by atoms with Crippen molar-refractivity contribution < 1.29 is 14.6 Å². The maximum Gasteiger partial charge on any atom is 0.313 e. The summed E-state index contributed by atoms with van der Waals surface area (Å²) >= 11 is 1.21. The summed E-state index contributed by atoms with van der Waals surface area (Å²) in [5.74, 6) is -0.350. The first kappa shape index (κ1) is 14.6. The molecule has 0 fully saturated rings. The molecule has 0 saturated heterocycles. The number of carboxylic acids is 1. The molecule has 2 heterocycles. The predicted octanol–water partition coefficient (Wildman–Crippen LogP) is 2.59. The summed E-state index contributed by atoms with van der Waals surface area (Å²) in [4.78, 5) is 19.6. The lowest BCUT2D eigenvalue weighted by Crippen LogP contribution is -2.08. The molecular formula is C13H17N3O3S. The Labute approximate surface area is 121 Å². The van der Waals surface area contributed by atoms with E-state index in [0.717, 1.165) is 17.6 Å². The van der Waals surface area contributed by atoms with Crippen LogP contribution >= 0.6 is 11.8 Å². The van der Waals surface area contributed by atoms with Gasteiger partial charge in [0, 0.05) is 12.1 Å². The molecule has 0 aliphatic heterocycles. The first-order chi connectivity index (χ1) is 9.56. The number of fused-ring (bicyclic) bond motifs is 1. The lowest BCUT2D eigenvalue weighted by atomic mass is 10.2. The zero-order valence-electron chi connectivity index (χ0n) is 11.7. The highest BCUT2D eigenvalue weighted by molar-refractivity contribution is 7.99. The van der Waals surface area contributed by atoms with Gasteiger partial charge in [-0.15, -0.1) is 0 Å². The summed E-state index contributed by atoms with van der Waals surface area (Å²) in [7, 11) is 1.57. The Morgan fingerprint density at radius 1 is 1.50 bits per heavy atom. The van der Waals surface area contributed by atoms with E-state index in [0.29, 0.717) is 11.0 Å². The Morgan fingerprint density at radius 2 is 2.25 bits per heavy atom. The number of hydrogen-bond acceptors (Lipinski definition) is 5. The zero-order valence-corrected chi connectivity index (χ0v) is 12.5. The van der Waals surface area contributed by atoms with Gasteiger partial charge in [-0.1, -0.05) is 18.7 Å². The fourth-order valence-electron chi connectivity index (χ4n) is 1.86. The summed E-state index contributed by atoms with van der Waals surface area (Å²) < 4.78 is 7.12. The third-order valence-electron chi connectivity index (χ3n) is 3.04. The Balaban J connectivity index is 2.52. The number of pyridine rings is 1. The molecule has 0 aliphatic carbocycles. The standard InChI is InChI=1S/C13H17N3O3S/c1-4-8(2)16-12-9(5-6-10(15-12)19-3)14-13(16)20-7-11(17)18/h5-6,8H,4,7H2,1-3H3,(H,17,18). The summed E-state index contributed by atoms with van der Waals surface area (Å²) in [5, 5.41) is 9.50. The highest BCUT2D eigenvalue weighted by Crippen LogP contribution is 2.29. The van der Waals surface area contributed by atoms with Gasteiger partial charge in [-0.25, -0.2) is 4.98 Å². The molecule has 2 aromatic heterocycles. The first-order valence-electron chi connectivity index (χ1n) is 6.34. The molecular weight excluding hydrogens is 278 g/mol. The van der Waals surface area contributed by atoms with Crippen LogP contribution in [0.3, 0.4) is 0 Å². The van der Waals surface area contributed by atoms with Gasteiger partial charge < -0.3 is 14.4 Å². The van der Waals surface area contributed by atoms with Gasteiger partial charge in [0.1, 0.15) is 5.52 Å². The van der Waals surface area contributed by atoms with Gasteiger partial charge in [0.25, 0.3) is 0 Å². The number of ether oxygens (including phenoxy) is 1. The minimum atomic E-state index is -0.858. The number of methoxy groups -OCH3 is 1. The van der Waals surface area contributed by atoms with Crippen molar-refractivity contribution in [2.75, 3.05) is 12.9 Å². The van der Waals surface area contributed by atoms with E-state index in [1.165, 1.54) is 11.8 Å². The van der Waals surface area contributed by atoms with Crippen molar-refractivity contribution in [3.63, 3.8) is 0 Å². The Morgan fingerprint density at radius 3 is 2.85 bits per heavy atom. The van der Waals surface area contributed by atoms with Gasteiger partial charge in [0.2, 0.25) is 5.88 Å². The van der Waals surface area contributed by atoms with Crippen LogP contribution in [0.25, 0.3) is 11.2 Å². The van der Waals surface area contributed by atoms with E-state index in [4.69, 9.17) is 9.84 Å². The summed E-state index contributed by atoms with van der Waals surface area (Å²) in [6.45, 7) is 4.13. The Hall–Kier alpha value is -1.76. The quantitative estimate of drug-likeness (QED) is 0.825. The number of rotatable bonds is 6. The van der Waals surface area contributed by atoms with Crippen LogP contribution in [0.5, 0.6) is 5.88 Å². The number of carboxylic acid groups (broad SMARTS) is 1. The van der Waals surface area contributed by atoms with Gasteiger partial charge in [0.05, 0.1) is 12.9 Å². The average Bonchev–Trinajstić information content (AvgIpc) is 2.81. The second-order valence-electron chi connectivity index (χ2n) is 4.40. The SMILES string of the molecule is CCC(C)n1c(SCC(=O)O)nc2ccc(OC)nc21. The Bertz CT molecular complexity index is 627. The third kappa shape index (κ3) is 2.87. The topological polar surface area (TPSA) is 77.2 Å². The van der Waals surface area contributed by atoms with Gasteiger partial charge in [0.15, 0.2) is 10.8 Å². The van der Waals surface area contributed by atoms with Crippen molar-refractivity contribution >= 4 is 28.9 Å². The van der Waals surface area contributed by atoms with Crippen LogP contribution in [0, 0.1) is 0 Å². The Kier molecular flexibility index (Phi) is 4.49. The smallest absolute Gasteiger partial charge is 0.313 e. The number of aromatic nitrogens is 3. The monoisotopic (exact) mass is 295 g/mol. The van der Waals surface area contributed by atoms with Crippen molar-refractivity contribution in [3.8, 4) is 5.88 Å². The van der Waals surface area contributed by atoms with Crippen LogP contribution in [0.4, 0.5) is 0 Å². The number of imidazole rings is 1. The van der Waals surface area contributed by atoms with Crippen molar-refractivity contribution in [3.05, 3.63) is 12.1 Å². The maximum absolute atomic E-state index is 10.7. The van der Waals surface area contributed by atoms with Crippen LogP contribution in [0.2, 0.25) is 0 Å². The van der Waals surface area contributed by atoms with Crippen LogP contribution < -0.4 is 4.74 Å². The van der Waals surface area contributed by atoms with Crippen LogP contribution in [0.1, 0.15) is 26.3 Å². The molecule has 6 nitrogen and oxygen atoms in total. The fraction of sp³-hybridized carbons (Fsp3) is 0.462. The highest BCUT2D eigenvalue weighted by atomic mass is 32.2. The van der Waals surface area contributed by atoms with Gasteiger partial charge in [-0.2, -0.15) is 4.98 Å². The molecule has 1 N–H and O–H groups in total. The molecule has 108 valence electrons. The van der Waals surface area contributed by atoms with E-state index >= 15 is 0 Å². The van der Waals surface area contributed by atoms with Crippen molar-refractivity contribution in [2.24, 2.45) is 0 Å². The van der Waals surface area contributed by atoms with E-state index < -0.39 is 5.97 Å². The van der Waals surface area contributed by atoms with Gasteiger partial charge >= 0.3 is 5.97 Å². The largest absolute Gasteiger partial charge is 0.481 e.